The Bertz CT molecular complexity index is 1230. The molecule has 11 nitrogen and oxygen atoms in total. The number of hydrogen-bond acceptors (Lipinski definition) is 7. The molecule has 0 aliphatic rings. The zero-order valence-corrected chi connectivity index (χ0v) is 18.1. The predicted octanol–water partition coefficient (Wildman–Crippen LogP) is 3.51. The van der Waals surface area contributed by atoms with E-state index in [9.17, 15) is 19.7 Å². The minimum Gasteiger partial charge on any atom is -0.454 e. The molecule has 12 heteroatoms. The summed E-state index contributed by atoms with van der Waals surface area (Å²) in [6.07, 6.45) is 0. The monoisotopic (exact) mass is 458 g/mol. The molecule has 0 fully saturated rings. The van der Waals surface area contributed by atoms with Gasteiger partial charge in [0.25, 0.3) is 0 Å². The number of benzene rings is 1. The fraction of sp³-hybridized carbons (Fsp3) is 0.200. The van der Waals surface area contributed by atoms with E-state index in [4.69, 9.17) is 16.0 Å². The summed E-state index contributed by atoms with van der Waals surface area (Å²) < 4.78 is 6.84. The van der Waals surface area contributed by atoms with Crippen LogP contribution in [-0.4, -0.2) is 32.2 Å². The van der Waals surface area contributed by atoms with Crippen LogP contribution in [-0.2, 0) is 11.3 Å². The summed E-state index contributed by atoms with van der Waals surface area (Å²) in [6, 6.07) is 10.0. The molecular formula is C20H19ClN6O5. The van der Waals surface area contributed by atoms with Gasteiger partial charge in [-0.3, -0.25) is 9.59 Å². The van der Waals surface area contributed by atoms with Crippen LogP contribution in [0.25, 0.3) is 0 Å². The van der Waals surface area contributed by atoms with Crippen molar-refractivity contribution in [3.8, 4) is 0 Å². The average Bonchev–Trinajstić information content (AvgIpc) is 3.32. The molecule has 0 atom stereocenters. The number of aromatic nitrogens is 2. The molecule has 32 heavy (non-hydrogen) atoms. The molecule has 0 bridgehead atoms. The van der Waals surface area contributed by atoms with Gasteiger partial charge in [0, 0.05) is 12.6 Å². The second kappa shape index (κ2) is 9.43. The van der Waals surface area contributed by atoms with Crippen LogP contribution in [0.5, 0.6) is 0 Å². The number of hydrazone groups is 1. The molecule has 0 aliphatic heterocycles. The van der Waals surface area contributed by atoms with E-state index in [1.54, 1.807) is 44.2 Å². The van der Waals surface area contributed by atoms with E-state index in [1.165, 1.54) is 17.7 Å². The highest BCUT2D eigenvalue weighted by atomic mass is 35.5. The molecule has 3 aromatic rings. The molecule has 0 radical (unpaired) electrons. The minimum atomic E-state index is -0.668. The normalized spacial score (nSPS) is 11.3. The Morgan fingerprint density at radius 1 is 1.28 bits per heavy atom. The highest BCUT2D eigenvalue weighted by molar-refractivity contribution is 6.33. The Hall–Kier alpha value is -3.99. The molecule has 0 spiro atoms. The van der Waals surface area contributed by atoms with Crippen LogP contribution in [0.4, 0.5) is 11.5 Å². The van der Waals surface area contributed by atoms with E-state index >= 15 is 0 Å². The van der Waals surface area contributed by atoms with Crippen molar-refractivity contribution in [3.63, 3.8) is 0 Å². The van der Waals surface area contributed by atoms with Crippen molar-refractivity contribution >= 4 is 40.6 Å². The second-order valence-electron chi connectivity index (χ2n) is 6.80. The van der Waals surface area contributed by atoms with Gasteiger partial charge in [-0.2, -0.15) is 9.78 Å². The smallest absolute Gasteiger partial charge is 0.408 e. The van der Waals surface area contributed by atoms with Gasteiger partial charge < -0.3 is 19.8 Å². The van der Waals surface area contributed by atoms with Crippen LogP contribution < -0.4 is 10.7 Å². The van der Waals surface area contributed by atoms with Gasteiger partial charge in [0.2, 0.25) is 5.91 Å². The van der Waals surface area contributed by atoms with Gasteiger partial charge in [-0.1, -0.05) is 23.7 Å². The third-order valence-electron chi connectivity index (χ3n) is 4.41. The number of nitrogens with zero attached hydrogens (tertiary/aromatic N) is 4. The Morgan fingerprint density at radius 2 is 2.03 bits per heavy atom. The molecule has 0 saturated carbocycles. The highest BCUT2D eigenvalue weighted by Gasteiger charge is 2.24. The summed E-state index contributed by atoms with van der Waals surface area (Å²) in [6.45, 7) is 4.77. The summed E-state index contributed by atoms with van der Waals surface area (Å²) in [4.78, 5) is 33.9. The van der Waals surface area contributed by atoms with Crippen molar-refractivity contribution < 1.29 is 18.9 Å². The van der Waals surface area contributed by atoms with Crippen LogP contribution in [0.2, 0.25) is 5.02 Å². The Balaban J connectivity index is 1.68. The van der Waals surface area contributed by atoms with Crippen molar-refractivity contribution in [2.24, 2.45) is 5.10 Å². The molecule has 2 N–H and O–H groups in total. The Kier molecular flexibility index (Phi) is 6.69. The number of carbonyl (C=O) groups excluding carboxylic acids is 2. The number of carbonyl (C=O) groups is 2. The summed E-state index contributed by atoms with van der Waals surface area (Å²) in [5.74, 6) is -0.846. The molecule has 2 aromatic heterocycles. The lowest BCUT2D eigenvalue weighted by Gasteiger charge is -2.06. The third-order valence-corrected chi connectivity index (χ3v) is 4.85. The Labute approximate surface area is 187 Å². The standard InChI is InChI=1S/C20H19ClN6O5/c1-11(14-5-4-6-15(9-14)22-13(3)28)23-24-20(29)17-8-7-16(32-17)10-26-12(2)18(21)19(25-26)27(30)31/h4-9H,10H2,1-3H3,(H,22,28)(H,24,29)/b23-11+. The molecule has 0 saturated heterocycles. The lowest BCUT2D eigenvalue weighted by Crippen LogP contribution is -2.18. The summed E-state index contributed by atoms with van der Waals surface area (Å²) >= 11 is 5.93. The lowest BCUT2D eigenvalue weighted by molar-refractivity contribution is -0.389. The van der Waals surface area contributed by atoms with Gasteiger partial charge in [0.1, 0.15) is 12.3 Å². The molecule has 2 heterocycles. The van der Waals surface area contributed by atoms with E-state index in [0.717, 1.165) is 0 Å². The molecular weight excluding hydrogens is 440 g/mol. The molecule has 0 unspecified atom stereocenters. The molecule has 2 amide bonds. The maximum absolute atomic E-state index is 12.4. The summed E-state index contributed by atoms with van der Waals surface area (Å²) in [7, 11) is 0. The number of nitro groups is 1. The number of furan rings is 1. The maximum atomic E-state index is 12.4. The quantitative estimate of drug-likeness (QED) is 0.315. The fourth-order valence-corrected chi connectivity index (χ4v) is 3.00. The van der Waals surface area contributed by atoms with Crippen molar-refractivity contribution in [2.75, 3.05) is 5.32 Å². The predicted molar refractivity (Wildman–Crippen MR) is 117 cm³/mol. The number of halogens is 1. The number of hydrogen-bond donors (Lipinski definition) is 2. The zero-order chi connectivity index (χ0) is 23.4. The first-order chi connectivity index (χ1) is 15.2. The van der Waals surface area contributed by atoms with E-state index in [0.29, 0.717) is 28.4 Å². The first kappa shape index (κ1) is 22.7. The number of amides is 2. The van der Waals surface area contributed by atoms with Crippen LogP contribution in [0.1, 0.15) is 41.4 Å². The minimum absolute atomic E-state index is 0.00829. The molecule has 166 valence electrons. The van der Waals surface area contributed by atoms with Crippen molar-refractivity contribution in [1.82, 2.24) is 15.2 Å². The molecule has 0 aliphatic carbocycles. The zero-order valence-electron chi connectivity index (χ0n) is 17.4. The van der Waals surface area contributed by atoms with Crippen LogP contribution in [0.3, 0.4) is 0 Å². The van der Waals surface area contributed by atoms with Crippen LogP contribution in [0, 0.1) is 17.0 Å². The summed E-state index contributed by atoms with van der Waals surface area (Å²) in [5, 5.41) is 21.5. The fourth-order valence-electron chi connectivity index (χ4n) is 2.79. The largest absolute Gasteiger partial charge is 0.454 e. The molecule has 1 aromatic carbocycles. The van der Waals surface area contributed by atoms with Gasteiger partial charge in [-0.15, -0.1) is 0 Å². The van der Waals surface area contributed by atoms with Crippen LogP contribution >= 0.6 is 11.6 Å². The van der Waals surface area contributed by atoms with Gasteiger partial charge in [0.05, 0.1) is 16.5 Å². The van der Waals surface area contributed by atoms with E-state index in [1.807, 2.05) is 0 Å². The van der Waals surface area contributed by atoms with Crippen LogP contribution in [0.15, 0.2) is 45.9 Å². The average molecular weight is 459 g/mol. The summed E-state index contributed by atoms with van der Waals surface area (Å²) in [5.41, 5.74) is 4.66. The number of anilines is 1. The van der Waals surface area contributed by atoms with Crippen molar-refractivity contribution in [2.45, 2.75) is 27.3 Å². The van der Waals surface area contributed by atoms with E-state index < -0.39 is 16.6 Å². The second-order valence-corrected chi connectivity index (χ2v) is 7.18. The van der Waals surface area contributed by atoms with Crippen molar-refractivity contribution in [3.05, 3.63) is 74.3 Å². The lowest BCUT2D eigenvalue weighted by atomic mass is 10.1. The van der Waals surface area contributed by atoms with E-state index in [2.05, 4.69) is 20.9 Å². The van der Waals surface area contributed by atoms with Crippen molar-refractivity contribution in [1.29, 1.82) is 0 Å². The SMILES string of the molecule is CC(=O)Nc1cccc(/C(C)=N/NC(=O)c2ccc(Cn3nc([N+](=O)[O-])c(Cl)c3C)o2)c1. The van der Waals surface area contributed by atoms with E-state index in [-0.39, 0.29) is 23.2 Å². The third kappa shape index (κ3) is 5.19. The number of nitrogens with one attached hydrogen (secondary N) is 2. The van der Waals surface area contributed by atoms with Gasteiger partial charge >= 0.3 is 11.7 Å². The van der Waals surface area contributed by atoms with Gasteiger partial charge in [-0.25, -0.2) is 5.43 Å². The van der Waals surface area contributed by atoms with Gasteiger partial charge in [-0.05, 0) is 48.6 Å². The maximum Gasteiger partial charge on any atom is 0.408 e. The van der Waals surface area contributed by atoms with Gasteiger partial charge in [0.15, 0.2) is 10.8 Å². The topological polar surface area (TPSA) is 145 Å². The first-order valence-corrected chi connectivity index (χ1v) is 9.72. The highest BCUT2D eigenvalue weighted by Crippen LogP contribution is 2.27. The molecule has 3 rings (SSSR count). The Morgan fingerprint density at radius 3 is 2.69 bits per heavy atom. The first-order valence-electron chi connectivity index (χ1n) is 9.34. The number of rotatable bonds is 7.